The number of piperidine rings is 1. The molecular weight excluding hydrogens is 579 g/mol. The monoisotopic (exact) mass is 610 g/mol. The first-order valence-corrected chi connectivity index (χ1v) is 13.6. The number of likely N-dealkylation sites (tertiary alicyclic amines) is 1. The Kier molecular flexibility index (Phi) is 8.41. The van der Waals surface area contributed by atoms with Crippen molar-refractivity contribution < 1.29 is 19.4 Å². The predicted octanol–water partition coefficient (Wildman–Crippen LogP) is 5.25. The third-order valence-electron chi connectivity index (χ3n) is 7.29. The summed E-state index contributed by atoms with van der Waals surface area (Å²) in [5.74, 6) is -1.17. The third kappa shape index (κ3) is 5.68. The first-order chi connectivity index (χ1) is 16.7. The highest BCUT2D eigenvalue weighted by Crippen LogP contribution is 2.52. The van der Waals surface area contributed by atoms with Crippen molar-refractivity contribution in [1.29, 1.82) is 0 Å². The summed E-state index contributed by atoms with van der Waals surface area (Å²) < 4.78 is 7.25. The number of nitrogens with one attached hydrogen (secondary N) is 1. The van der Waals surface area contributed by atoms with Crippen LogP contribution in [0.4, 0.5) is 0 Å². The molecule has 0 bridgehead atoms. The Labute approximate surface area is 225 Å². The Morgan fingerprint density at radius 2 is 2.03 bits per heavy atom. The van der Waals surface area contributed by atoms with E-state index >= 15 is 0 Å². The number of carbonyl (C=O) groups is 2. The lowest BCUT2D eigenvalue weighted by Crippen LogP contribution is -2.61. The fourth-order valence-corrected chi connectivity index (χ4v) is 6.41. The molecule has 35 heavy (non-hydrogen) atoms. The highest BCUT2D eigenvalue weighted by Gasteiger charge is 2.53. The zero-order valence-electron chi connectivity index (χ0n) is 20.0. The van der Waals surface area contributed by atoms with Crippen molar-refractivity contribution in [1.82, 2.24) is 10.2 Å². The molecule has 0 radical (unpaired) electrons. The molecule has 2 fully saturated rings. The summed E-state index contributed by atoms with van der Waals surface area (Å²) in [5.41, 5.74) is 1.06. The standard InChI is InChI=1S/C27H32ClIN2O4/c1-3-22(23-16-30-11-12-35-23)31-25(17-7-9-19(28)10-8-17)21(18-5-4-6-20(29)13-18)14-27(2,26(31)34)15-24(32)33/h4-10,13,21-23,25,30H,3,11-12,14-16H2,1-2H3,(H,32,33)/t21-,22+,23-,25-,27-/m1/s1. The number of carboxylic acids is 1. The van der Waals surface area contributed by atoms with Crippen LogP contribution in [0.5, 0.6) is 0 Å². The van der Waals surface area contributed by atoms with Gasteiger partial charge in [-0.3, -0.25) is 9.59 Å². The average molecular weight is 611 g/mol. The maximum Gasteiger partial charge on any atom is 0.304 e. The van der Waals surface area contributed by atoms with Crippen LogP contribution in [0.15, 0.2) is 48.5 Å². The van der Waals surface area contributed by atoms with E-state index in [-0.39, 0.29) is 36.4 Å². The number of carbonyl (C=O) groups excluding carboxylic acids is 1. The van der Waals surface area contributed by atoms with Crippen LogP contribution in [-0.2, 0) is 14.3 Å². The highest BCUT2D eigenvalue weighted by molar-refractivity contribution is 14.1. The Morgan fingerprint density at radius 1 is 1.29 bits per heavy atom. The quantitative estimate of drug-likeness (QED) is 0.419. The number of nitrogens with zero attached hydrogens (tertiary/aromatic N) is 1. The molecule has 1 amide bonds. The number of carboxylic acid groups (broad SMARTS) is 1. The number of ether oxygens (including phenoxy) is 1. The van der Waals surface area contributed by atoms with Gasteiger partial charge in [0.2, 0.25) is 5.91 Å². The Bertz CT molecular complexity index is 1060. The zero-order valence-corrected chi connectivity index (χ0v) is 23.0. The average Bonchev–Trinajstić information content (AvgIpc) is 2.83. The van der Waals surface area contributed by atoms with Crippen LogP contribution in [0, 0.1) is 8.99 Å². The molecule has 0 saturated carbocycles. The molecule has 2 aromatic carbocycles. The van der Waals surface area contributed by atoms with Crippen LogP contribution in [-0.4, -0.2) is 53.7 Å². The van der Waals surface area contributed by atoms with Gasteiger partial charge >= 0.3 is 5.97 Å². The fourth-order valence-electron chi connectivity index (χ4n) is 5.72. The fraction of sp³-hybridized carbons (Fsp3) is 0.481. The van der Waals surface area contributed by atoms with Crippen molar-refractivity contribution in [2.75, 3.05) is 19.7 Å². The summed E-state index contributed by atoms with van der Waals surface area (Å²) >= 11 is 8.53. The van der Waals surface area contributed by atoms with Crippen LogP contribution in [0.3, 0.4) is 0 Å². The van der Waals surface area contributed by atoms with Crippen molar-refractivity contribution in [3.05, 3.63) is 68.3 Å². The maximum absolute atomic E-state index is 14.3. The van der Waals surface area contributed by atoms with Crippen LogP contribution < -0.4 is 5.32 Å². The van der Waals surface area contributed by atoms with Crippen molar-refractivity contribution in [2.45, 2.75) is 57.2 Å². The lowest BCUT2D eigenvalue weighted by Gasteiger charge is -2.53. The highest BCUT2D eigenvalue weighted by atomic mass is 127. The van der Waals surface area contributed by atoms with Crippen LogP contribution >= 0.6 is 34.2 Å². The molecule has 2 aliphatic heterocycles. The zero-order chi connectivity index (χ0) is 25.2. The minimum atomic E-state index is -1.03. The van der Waals surface area contributed by atoms with E-state index in [0.29, 0.717) is 31.0 Å². The summed E-state index contributed by atoms with van der Waals surface area (Å²) in [6.07, 6.45) is 0.763. The Hall–Kier alpha value is -1.68. The first-order valence-electron chi connectivity index (χ1n) is 12.1. The van der Waals surface area contributed by atoms with E-state index in [9.17, 15) is 14.7 Å². The molecule has 188 valence electrons. The molecule has 2 aromatic rings. The van der Waals surface area contributed by atoms with Gasteiger partial charge in [0.15, 0.2) is 0 Å². The van der Waals surface area contributed by atoms with Gasteiger partial charge < -0.3 is 20.1 Å². The van der Waals surface area contributed by atoms with Gasteiger partial charge in [-0.15, -0.1) is 0 Å². The summed E-state index contributed by atoms with van der Waals surface area (Å²) in [5, 5.41) is 13.8. The van der Waals surface area contributed by atoms with Gasteiger partial charge in [0, 0.05) is 27.6 Å². The maximum atomic E-state index is 14.3. The van der Waals surface area contributed by atoms with Crippen LogP contribution in [0.25, 0.3) is 0 Å². The second-order valence-electron chi connectivity index (χ2n) is 9.79. The number of morpholine rings is 1. The molecule has 0 spiro atoms. The molecule has 0 aromatic heterocycles. The SMILES string of the molecule is CC[C@@H]([C@H]1CNCCO1)N1C(=O)[C@@](C)(CC(=O)O)C[C@H](c2cccc(I)c2)[C@H]1c1ccc(Cl)cc1. The number of aliphatic carboxylic acids is 1. The summed E-state index contributed by atoms with van der Waals surface area (Å²) in [6.45, 7) is 5.89. The summed E-state index contributed by atoms with van der Waals surface area (Å²) in [6, 6.07) is 15.5. The van der Waals surface area contributed by atoms with E-state index < -0.39 is 11.4 Å². The normalized spacial score (nSPS) is 28.1. The van der Waals surface area contributed by atoms with Gasteiger partial charge in [0.1, 0.15) is 0 Å². The minimum Gasteiger partial charge on any atom is -0.481 e. The largest absolute Gasteiger partial charge is 0.481 e. The van der Waals surface area contributed by atoms with E-state index in [1.54, 1.807) is 0 Å². The van der Waals surface area contributed by atoms with E-state index in [4.69, 9.17) is 16.3 Å². The molecule has 2 N–H and O–H groups in total. The number of amides is 1. The minimum absolute atomic E-state index is 0.0847. The molecule has 8 heteroatoms. The van der Waals surface area contributed by atoms with Crippen molar-refractivity contribution in [2.24, 2.45) is 5.41 Å². The molecule has 6 nitrogen and oxygen atoms in total. The van der Waals surface area contributed by atoms with E-state index in [1.165, 1.54) is 0 Å². The Balaban J connectivity index is 1.89. The van der Waals surface area contributed by atoms with E-state index in [1.807, 2.05) is 48.2 Å². The molecule has 0 aliphatic carbocycles. The number of hydrogen-bond acceptors (Lipinski definition) is 4. The molecule has 5 atom stereocenters. The van der Waals surface area contributed by atoms with Crippen molar-refractivity contribution in [3.8, 4) is 0 Å². The van der Waals surface area contributed by atoms with Gasteiger partial charge in [-0.2, -0.15) is 0 Å². The lowest BCUT2D eigenvalue weighted by atomic mass is 9.66. The topological polar surface area (TPSA) is 78.9 Å². The van der Waals surface area contributed by atoms with Crippen molar-refractivity contribution in [3.63, 3.8) is 0 Å². The molecule has 4 rings (SSSR count). The number of hydrogen-bond donors (Lipinski definition) is 2. The van der Waals surface area contributed by atoms with Crippen molar-refractivity contribution >= 4 is 46.1 Å². The second kappa shape index (κ2) is 11.2. The third-order valence-corrected chi connectivity index (χ3v) is 8.22. The molecular formula is C27H32ClIN2O4. The molecule has 2 heterocycles. The summed E-state index contributed by atoms with van der Waals surface area (Å²) in [4.78, 5) is 28.2. The molecule has 2 saturated heterocycles. The van der Waals surface area contributed by atoms with E-state index in [2.05, 4.69) is 47.0 Å². The van der Waals surface area contributed by atoms with Gasteiger partial charge in [-0.05, 0) is 70.8 Å². The molecule has 0 unspecified atom stereocenters. The number of halogens is 2. The second-order valence-corrected chi connectivity index (χ2v) is 11.5. The van der Waals surface area contributed by atoms with Gasteiger partial charge in [0.05, 0.1) is 36.6 Å². The first kappa shape index (κ1) is 26.4. The van der Waals surface area contributed by atoms with Gasteiger partial charge in [-0.1, -0.05) is 49.7 Å². The van der Waals surface area contributed by atoms with Crippen LogP contribution in [0.2, 0.25) is 5.02 Å². The molecule has 2 aliphatic rings. The van der Waals surface area contributed by atoms with E-state index in [0.717, 1.165) is 21.2 Å². The van der Waals surface area contributed by atoms with Gasteiger partial charge in [-0.25, -0.2) is 0 Å². The van der Waals surface area contributed by atoms with Gasteiger partial charge in [0.25, 0.3) is 0 Å². The lowest BCUT2D eigenvalue weighted by molar-refractivity contribution is -0.165. The smallest absolute Gasteiger partial charge is 0.304 e. The number of benzene rings is 2. The van der Waals surface area contributed by atoms with Crippen LogP contribution in [0.1, 0.15) is 56.2 Å². The summed E-state index contributed by atoms with van der Waals surface area (Å²) in [7, 11) is 0. The Morgan fingerprint density at radius 3 is 2.63 bits per heavy atom. The number of rotatable bonds is 7. The predicted molar refractivity (Wildman–Crippen MR) is 145 cm³/mol.